The van der Waals surface area contributed by atoms with E-state index in [0.29, 0.717) is 64.1 Å². The molecular weight excluding hydrogens is 438 g/mol. The summed E-state index contributed by atoms with van der Waals surface area (Å²) in [5, 5.41) is 0. The molecular formula is C21H29N3O7S. The van der Waals surface area contributed by atoms with Gasteiger partial charge in [-0.05, 0) is 12.1 Å². The molecule has 1 aromatic rings. The molecule has 11 heteroatoms. The van der Waals surface area contributed by atoms with Gasteiger partial charge in [0.1, 0.15) is 0 Å². The Morgan fingerprint density at radius 1 is 0.781 bits per heavy atom. The standard InChI is InChI=1S/C21H29N3O7S/c25-20(4-5-21(26)23-10-14-29-15-11-23)22-6-8-24(9-7-22)32(27,28)17-2-3-18-19(16-17)31-13-1-12-30-18/h2-3,16H,1,4-15H2. The minimum absolute atomic E-state index is 0.0442. The molecule has 3 heterocycles. The maximum atomic E-state index is 13.1. The van der Waals surface area contributed by atoms with Gasteiger partial charge in [-0.1, -0.05) is 0 Å². The van der Waals surface area contributed by atoms with Crippen molar-refractivity contribution in [1.29, 1.82) is 0 Å². The third-order valence-electron chi connectivity index (χ3n) is 5.86. The maximum absolute atomic E-state index is 13.1. The second-order valence-electron chi connectivity index (χ2n) is 7.94. The van der Waals surface area contributed by atoms with Gasteiger partial charge < -0.3 is 24.0 Å². The third-order valence-corrected chi connectivity index (χ3v) is 7.76. The Bertz CT molecular complexity index is 939. The van der Waals surface area contributed by atoms with E-state index in [9.17, 15) is 18.0 Å². The number of ether oxygens (including phenoxy) is 3. The number of rotatable bonds is 5. The Hall–Kier alpha value is -2.37. The van der Waals surface area contributed by atoms with Gasteiger partial charge in [-0.25, -0.2) is 8.42 Å². The van der Waals surface area contributed by atoms with E-state index in [1.807, 2.05) is 0 Å². The van der Waals surface area contributed by atoms with Gasteiger partial charge in [-0.3, -0.25) is 9.59 Å². The molecule has 2 saturated heterocycles. The van der Waals surface area contributed by atoms with Crippen LogP contribution in [0.15, 0.2) is 23.1 Å². The molecule has 0 aromatic heterocycles. The van der Waals surface area contributed by atoms with Crippen molar-refractivity contribution in [1.82, 2.24) is 14.1 Å². The fourth-order valence-electron chi connectivity index (χ4n) is 3.97. The largest absolute Gasteiger partial charge is 0.490 e. The predicted octanol–water partition coefficient (Wildman–Crippen LogP) is 0.320. The molecule has 1 aromatic carbocycles. The summed E-state index contributed by atoms with van der Waals surface area (Å²) in [7, 11) is -3.71. The third kappa shape index (κ3) is 5.16. The molecule has 0 bridgehead atoms. The van der Waals surface area contributed by atoms with Crippen LogP contribution in [0.25, 0.3) is 0 Å². The van der Waals surface area contributed by atoms with Gasteiger partial charge in [0.05, 0.1) is 31.3 Å². The number of benzene rings is 1. The highest BCUT2D eigenvalue weighted by Gasteiger charge is 2.31. The molecule has 0 saturated carbocycles. The quantitative estimate of drug-likeness (QED) is 0.614. The molecule has 0 atom stereocenters. The number of nitrogens with zero attached hydrogens (tertiary/aromatic N) is 3. The number of carbonyl (C=O) groups is 2. The topological polar surface area (TPSA) is 106 Å². The summed E-state index contributed by atoms with van der Waals surface area (Å²) in [6.45, 7) is 4.20. The van der Waals surface area contributed by atoms with Crippen LogP contribution in [0.2, 0.25) is 0 Å². The zero-order chi connectivity index (χ0) is 22.6. The predicted molar refractivity (Wildman–Crippen MR) is 114 cm³/mol. The second-order valence-corrected chi connectivity index (χ2v) is 9.87. The van der Waals surface area contributed by atoms with E-state index in [1.54, 1.807) is 15.9 Å². The first-order valence-electron chi connectivity index (χ1n) is 11.0. The van der Waals surface area contributed by atoms with Gasteiger partial charge in [-0.2, -0.15) is 4.31 Å². The van der Waals surface area contributed by atoms with Crippen LogP contribution in [-0.2, 0) is 24.3 Å². The first-order valence-corrected chi connectivity index (χ1v) is 12.4. The average Bonchev–Trinajstić information content (AvgIpc) is 3.08. The van der Waals surface area contributed by atoms with Crippen LogP contribution in [0.4, 0.5) is 0 Å². The lowest BCUT2D eigenvalue weighted by Crippen LogP contribution is -2.50. The summed E-state index contributed by atoms with van der Waals surface area (Å²) < 4.78 is 44.0. The van der Waals surface area contributed by atoms with Crippen molar-refractivity contribution in [2.45, 2.75) is 24.2 Å². The Kier molecular flexibility index (Phi) is 7.17. The number of sulfonamides is 1. The van der Waals surface area contributed by atoms with Gasteiger partial charge in [0, 0.05) is 64.6 Å². The van der Waals surface area contributed by atoms with Crippen LogP contribution >= 0.6 is 0 Å². The van der Waals surface area contributed by atoms with Crippen molar-refractivity contribution in [2.24, 2.45) is 0 Å². The number of hydrogen-bond donors (Lipinski definition) is 0. The summed E-state index contributed by atoms with van der Waals surface area (Å²) in [4.78, 5) is 28.3. The highest BCUT2D eigenvalue weighted by molar-refractivity contribution is 7.89. The minimum Gasteiger partial charge on any atom is -0.490 e. The summed E-state index contributed by atoms with van der Waals surface area (Å²) in [5.74, 6) is 0.808. The summed E-state index contributed by atoms with van der Waals surface area (Å²) in [5.41, 5.74) is 0. The minimum atomic E-state index is -3.71. The van der Waals surface area contributed by atoms with Crippen LogP contribution in [-0.4, -0.2) is 100 Å². The molecule has 176 valence electrons. The van der Waals surface area contributed by atoms with Crippen LogP contribution in [0.3, 0.4) is 0 Å². The van der Waals surface area contributed by atoms with Gasteiger partial charge in [0.25, 0.3) is 0 Å². The van der Waals surface area contributed by atoms with E-state index in [1.165, 1.54) is 16.4 Å². The van der Waals surface area contributed by atoms with Crippen LogP contribution < -0.4 is 9.47 Å². The summed E-state index contributed by atoms with van der Waals surface area (Å²) >= 11 is 0. The zero-order valence-electron chi connectivity index (χ0n) is 18.0. The molecule has 2 amide bonds. The number of hydrogen-bond acceptors (Lipinski definition) is 7. The second kappa shape index (κ2) is 10.1. The van der Waals surface area contributed by atoms with Crippen LogP contribution in [0, 0.1) is 0 Å². The molecule has 32 heavy (non-hydrogen) atoms. The van der Waals surface area contributed by atoms with Gasteiger partial charge >= 0.3 is 0 Å². The van der Waals surface area contributed by atoms with Crippen molar-refractivity contribution in [3.63, 3.8) is 0 Å². The fourth-order valence-corrected chi connectivity index (χ4v) is 5.41. The molecule has 0 unspecified atom stereocenters. The Balaban J connectivity index is 1.30. The van der Waals surface area contributed by atoms with Crippen LogP contribution in [0.1, 0.15) is 19.3 Å². The molecule has 4 rings (SSSR count). The number of carbonyl (C=O) groups excluding carboxylic acids is 2. The Morgan fingerprint density at radius 2 is 1.38 bits per heavy atom. The van der Waals surface area contributed by atoms with E-state index < -0.39 is 10.0 Å². The SMILES string of the molecule is O=C(CCC(=O)N1CCN(S(=O)(=O)c2ccc3c(c2)OCCCO3)CC1)N1CCOCC1. The smallest absolute Gasteiger partial charge is 0.243 e. The monoisotopic (exact) mass is 467 g/mol. The molecule has 3 aliphatic heterocycles. The number of amides is 2. The number of piperazine rings is 1. The van der Waals surface area contributed by atoms with Crippen molar-refractivity contribution >= 4 is 21.8 Å². The van der Waals surface area contributed by atoms with E-state index >= 15 is 0 Å². The first kappa shape index (κ1) is 22.8. The molecule has 2 fully saturated rings. The lowest BCUT2D eigenvalue weighted by Gasteiger charge is -2.34. The van der Waals surface area contributed by atoms with Crippen molar-refractivity contribution in [3.05, 3.63) is 18.2 Å². The molecule has 0 spiro atoms. The van der Waals surface area contributed by atoms with Gasteiger partial charge in [0.2, 0.25) is 21.8 Å². The Labute approximate surface area is 188 Å². The molecule has 0 radical (unpaired) electrons. The van der Waals surface area contributed by atoms with E-state index in [-0.39, 0.29) is 42.6 Å². The molecule has 0 aliphatic carbocycles. The van der Waals surface area contributed by atoms with Crippen molar-refractivity contribution in [2.75, 3.05) is 65.7 Å². The summed E-state index contributed by atoms with van der Waals surface area (Å²) in [6.07, 6.45) is 1.03. The van der Waals surface area contributed by atoms with Crippen molar-refractivity contribution < 1.29 is 32.2 Å². The lowest BCUT2D eigenvalue weighted by molar-refractivity contribution is -0.139. The zero-order valence-corrected chi connectivity index (χ0v) is 18.8. The number of fused-ring (bicyclic) bond motifs is 1. The first-order chi connectivity index (χ1) is 15.4. The fraction of sp³-hybridized carbons (Fsp3) is 0.619. The van der Waals surface area contributed by atoms with Gasteiger partial charge in [0.15, 0.2) is 11.5 Å². The van der Waals surface area contributed by atoms with Crippen LogP contribution in [0.5, 0.6) is 11.5 Å². The van der Waals surface area contributed by atoms with Gasteiger partial charge in [-0.15, -0.1) is 0 Å². The number of morpholine rings is 1. The maximum Gasteiger partial charge on any atom is 0.243 e. The molecule has 3 aliphatic rings. The van der Waals surface area contributed by atoms with E-state index in [0.717, 1.165) is 6.42 Å². The highest BCUT2D eigenvalue weighted by atomic mass is 32.2. The summed E-state index contributed by atoms with van der Waals surface area (Å²) in [6, 6.07) is 4.65. The molecule has 10 nitrogen and oxygen atoms in total. The lowest BCUT2D eigenvalue weighted by atomic mass is 10.2. The van der Waals surface area contributed by atoms with E-state index in [2.05, 4.69) is 0 Å². The highest BCUT2D eigenvalue weighted by Crippen LogP contribution is 2.33. The molecule has 0 N–H and O–H groups in total. The normalized spacial score (nSPS) is 20.0. The average molecular weight is 468 g/mol. The Morgan fingerprint density at radius 3 is 2.03 bits per heavy atom. The van der Waals surface area contributed by atoms with Crippen molar-refractivity contribution in [3.8, 4) is 11.5 Å². The van der Waals surface area contributed by atoms with E-state index in [4.69, 9.17) is 14.2 Å².